The van der Waals surface area contributed by atoms with Crippen molar-refractivity contribution in [2.75, 3.05) is 0 Å². The number of nitrogens with two attached hydrogens (primary N) is 1. The molecule has 1 atom stereocenters. The molecule has 2 rings (SSSR count). The van der Waals surface area contributed by atoms with Crippen molar-refractivity contribution < 1.29 is 0 Å². The summed E-state index contributed by atoms with van der Waals surface area (Å²) in [6.07, 6.45) is 2.86. The fourth-order valence-corrected chi connectivity index (χ4v) is 2.49. The second-order valence-electron chi connectivity index (χ2n) is 5.55. The fourth-order valence-electron chi connectivity index (χ4n) is 2.49. The van der Waals surface area contributed by atoms with E-state index in [4.69, 9.17) is 10.8 Å². The molecule has 1 heterocycles. The first kappa shape index (κ1) is 14.8. The molecule has 0 amide bonds. The number of aryl methyl sites for hydroxylation is 3. The second-order valence-corrected chi connectivity index (χ2v) is 5.55. The number of hydrogen-bond donors (Lipinski definition) is 1. The third-order valence-electron chi connectivity index (χ3n) is 3.62. The standard InChI is InChI=1S/C17H25N3/c1-5-15-11-16(6-2)20(19-15)17-10-14(9-13(4)18)8-7-12(17)3/h7-8,10-11,13H,5-6,9,18H2,1-4H3. The van der Waals surface area contributed by atoms with Crippen LogP contribution in [0.25, 0.3) is 5.69 Å². The molecular formula is C17H25N3. The van der Waals surface area contributed by atoms with Crippen LogP contribution in [-0.2, 0) is 19.3 Å². The van der Waals surface area contributed by atoms with E-state index in [-0.39, 0.29) is 6.04 Å². The first-order valence-electron chi connectivity index (χ1n) is 7.48. The Balaban J connectivity index is 2.47. The van der Waals surface area contributed by atoms with Gasteiger partial charge in [0.05, 0.1) is 11.4 Å². The van der Waals surface area contributed by atoms with Gasteiger partial charge in [-0.1, -0.05) is 26.0 Å². The van der Waals surface area contributed by atoms with Crippen LogP contribution in [0.4, 0.5) is 0 Å². The summed E-state index contributed by atoms with van der Waals surface area (Å²) in [5.41, 5.74) is 12.0. The quantitative estimate of drug-likeness (QED) is 0.907. The van der Waals surface area contributed by atoms with E-state index in [1.807, 2.05) is 6.92 Å². The zero-order valence-electron chi connectivity index (χ0n) is 13.0. The summed E-state index contributed by atoms with van der Waals surface area (Å²) in [6, 6.07) is 8.94. The molecule has 0 spiro atoms. The Hall–Kier alpha value is -1.61. The summed E-state index contributed by atoms with van der Waals surface area (Å²) in [6.45, 7) is 8.50. The van der Waals surface area contributed by atoms with Crippen LogP contribution in [0.3, 0.4) is 0 Å². The van der Waals surface area contributed by atoms with Crippen molar-refractivity contribution >= 4 is 0 Å². The maximum absolute atomic E-state index is 5.91. The predicted octanol–water partition coefficient (Wildman–Crippen LogP) is 3.20. The molecule has 0 aliphatic carbocycles. The van der Waals surface area contributed by atoms with Crippen molar-refractivity contribution in [3.63, 3.8) is 0 Å². The normalized spacial score (nSPS) is 12.7. The van der Waals surface area contributed by atoms with Crippen LogP contribution in [-0.4, -0.2) is 15.8 Å². The van der Waals surface area contributed by atoms with Crippen LogP contribution in [0, 0.1) is 6.92 Å². The van der Waals surface area contributed by atoms with Crippen molar-refractivity contribution in [1.29, 1.82) is 0 Å². The number of nitrogens with zero attached hydrogens (tertiary/aromatic N) is 2. The van der Waals surface area contributed by atoms with Crippen molar-refractivity contribution in [1.82, 2.24) is 9.78 Å². The van der Waals surface area contributed by atoms with Crippen LogP contribution < -0.4 is 5.73 Å². The zero-order chi connectivity index (χ0) is 14.7. The van der Waals surface area contributed by atoms with Gasteiger partial charge in [0, 0.05) is 11.7 Å². The number of benzene rings is 1. The van der Waals surface area contributed by atoms with E-state index < -0.39 is 0 Å². The monoisotopic (exact) mass is 271 g/mol. The second kappa shape index (κ2) is 6.23. The molecule has 1 aromatic heterocycles. The Labute approximate surface area is 121 Å². The molecule has 1 unspecified atom stereocenters. The minimum atomic E-state index is 0.181. The average Bonchev–Trinajstić information content (AvgIpc) is 2.83. The molecule has 0 saturated carbocycles. The van der Waals surface area contributed by atoms with Gasteiger partial charge in [0.1, 0.15) is 0 Å². The van der Waals surface area contributed by atoms with Gasteiger partial charge in [-0.05, 0) is 56.4 Å². The highest BCUT2D eigenvalue weighted by Crippen LogP contribution is 2.20. The lowest BCUT2D eigenvalue weighted by Gasteiger charge is -2.13. The van der Waals surface area contributed by atoms with Gasteiger partial charge in [-0.2, -0.15) is 5.10 Å². The van der Waals surface area contributed by atoms with Gasteiger partial charge in [-0.15, -0.1) is 0 Å². The lowest BCUT2D eigenvalue weighted by Crippen LogP contribution is -2.18. The topological polar surface area (TPSA) is 43.8 Å². The molecule has 0 saturated heterocycles. The largest absolute Gasteiger partial charge is 0.328 e. The van der Waals surface area contributed by atoms with Crippen molar-refractivity contribution in [3.05, 3.63) is 46.8 Å². The van der Waals surface area contributed by atoms with Crippen LogP contribution in [0.5, 0.6) is 0 Å². The summed E-state index contributed by atoms with van der Waals surface area (Å²) in [5, 5.41) is 4.74. The third-order valence-corrected chi connectivity index (χ3v) is 3.62. The molecule has 0 radical (unpaired) electrons. The van der Waals surface area contributed by atoms with E-state index >= 15 is 0 Å². The number of hydrogen-bond acceptors (Lipinski definition) is 2. The molecule has 3 heteroatoms. The van der Waals surface area contributed by atoms with Gasteiger partial charge < -0.3 is 5.73 Å². The van der Waals surface area contributed by atoms with Crippen LogP contribution in [0.2, 0.25) is 0 Å². The van der Waals surface area contributed by atoms with Crippen LogP contribution in [0.15, 0.2) is 24.3 Å². The van der Waals surface area contributed by atoms with E-state index in [2.05, 4.69) is 49.7 Å². The molecule has 3 nitrogen and oxygen atoms in total. The van der Waals surface area contributed by atoms with Gasteiger partial charge in [0.25, 0.3) is 0 Å². The highest BCUT2D eigenvalue weighted by molar-refractivity contribution is 5.44. The molecule has 108 valence electrons. The zero-order valence-corrected chi connectivity index (χ0v) is 13.0. The molecule has 0 aliphatic heterocycles. The van der Waals surface area contributed by atoms with E-state index in [9.17, 15) is 0 Å². The van der Waals surface area contributed by atoms with Crippen LogP contribution >= 0.6 is 0 Å². The minimum absolute atomic E-state index is 0.181. The molecule has 0 fully saturated rings. The first-order chi connectivity index (χ1) is 9.55. The summed E-state index contributed by atoms with van der Waals surface area (Å²) >= 11 is 0. The van der Waals surface area contributed by atoms with Gasteiger partial charge >= 0.3 is 0 Å². The van der Waals surface area contributed by atoms with Gasteiger partial charge in [-0.25, -0.2) is 4.68 Å². The Bertz CT molecular complexity index is 582. The van der Waals surface area contributed by atoms with E-state index in [1.54, 1.807) is 0 Å². The molecule has 2 N–H and O–H groups in total. The molecule has 0 bridgehead atoms. The lowest BCUT2D eigenvalue weighted by atomic mass is 10.0. The highest BCUT2D eigenvalue weighted by Gasteiger charge is 2.10. The SMILES string of the molecule is CCc1cc(CC)n(-c2cc(CC(C)N)ccc2C)n1. The van der Waals surface area contributed by atoms with Gasteiger partial charge in [0.2, 0.25) is 0 Å². The summed E-state index contributed by atoms with van der Waals surface area (Å²) in [7, 11) is 0. The van der Waals surface area contributed by atoms with Gasteiger partial charge in [0.15, 0.2) is 0 Å². The molecule has 20 heavy (non-hydrogen) atoms. The Morgan fingerprint density at radius 1 is 1.20 bits per heavy atom. The Morgan fingerprint density at radius 2 is 1.95 bits per heavy atom. The Morgan fingerprint density at radius 3 is 2.55 bits per heavy atom. The van der Waals surface area contributed by atoms with Gasteiger partial charge in [-0.3, -0.25) is 0 Å². The summed E-state index contributed by atoms with van der Waals surface area (Å²) < 4.78 is 2.10. The molecule has 0 aliphatic rings. The molecule has 1 aromatic carbocycles. The van der Waals surface area contributed by atoms with E-state index in [1.165, 1.54) is 22.5 Å². The van der Waals surface area contributed by atoms with Crippen molar-refractivity contribution in [3.8, 4) is 5.69 Å². The fraction of sp³-hybridized carbons (Fsp3) is 0.471. The first-order valence-corrected chi connectivity index (χ1v) is 7.48. The van der Waals surface area contributed by atoms with Crippen LogP contribution in [0.1, 0.15) is 43.3 Å². The summed E-state index contributed by atoms with van der Waals surface area (Å²) in [5.74, 6) is 0. The third kappa shape index (κ3) is 3.10. The average molecular weight is 271 g/mol. The predicted molar refractivity (Wildman–Crippen MR) is 84.4 cm³/mol. The maximum Gasteiger partial charge on any atom is 0.0680 e. The highest BCUT2D eigenvalue weighted by atomic mass is 15.3. The molecular weight excluding hydrogens is 246 g/mol. The minimum Gasteiger partial charge on any atom is -0.328 e. The maximum atomic E-state index is 5.91. The lowest BCUT2D eigenvalue weighted by molar-refractivity contribution is 0.733. The smallest absolute Gasteiger partial charge is 0.0680 e. The molecule has 2 aromatic rings. The number of aromatic nitrogens is 2. The van der Waals surface area contributed by atoms with E-state index in [0.29, 0.717) is 0 Å². The summed E-state index contributed by atoms with van der Waals surface area (Å²) in [4.78, 5) is 0. The van der Waals surface area contributed by atoms with E-state index in [0.717, 1.165) is 25.0 Å². The van der Waals surface area contributed by atoms with Crippen molar-refractivity contribution in [2.45, 2.75) is 53.0 Å². The Kier molecular flexibility index (Phi) is 4.61. The van der Waals surface area contributed by atoms with Crippen molar-refractivity contribution in [2.24, 2.45) is 5.73 Å². The number of rotatable bonds is 5.